The molecule has 1 aliphatic heterocycles. The standard InChI is InChI=1S/C34H32FN5O4S/c1-5-13-39-19-21(18-36-39)34-32(30(41)6-2)24-15-23(28(17-31(24)44-34)38(3)45(4,42)43)26-11-10-20-12-14-40-27-9-7-8-25(35)22(27)16-29(40)33(20)37-26/h7-11,15-19H,5-6,12-14H2,1-4H3. The van der Waals surface area contributed by atoms with Crippen molar-refractivity contribution in [1.29, 1.82) is 0 Å². The van der Waals surface area contributed by atoms with Gasteiger partial charge in [-0.2, -0.15) is 5.10 Å². The van der Waals surface area contributed by atoms with Crippen molar-refractivity contribution >= 4 is 43.4 Å². The quantitative estimate of drug-likeness (QED) is 0.168. The van der Waals surface area contributed by atoms with Crippen molar-refractivity contribution in [2.45, 2.75) is 46.2 Å². The fourth-order valence-electron chi connectivity index (χ4n) is 6.24. The van der Waals surface area contributed by atoms with Crippen molar-refractivity contribution in [1.82, 2.24) is 19.3 Å². The van der Waals surface area contributed by atoms with E-state index in [1.807, 2.05) is 30.5 Å². The topological polar surface area (TPSA) is 103 Å². The normalized spacial score (nSPS) is 12.9. The number of sulfonamides is 1. The summed E-state index contributed by atoms with van der Waals surface area (Å²) in [5, 5.41) is 5.52. The van der Waals surface area contributed by atoms with Crippen molar-refractivity contribution in [2.75, 3.05) is 17.6 Å². The van der Waals surface area contributed by atoms with Crippen LogP contribution in [0.25, 0.3) is 55.8 Å². The molecule has 5 heterocycles. The van der Waals surface area contributed by atoms with Gasteiger partial charge in [-0.1, -0.05) is 26.0 Å². The van der Waals surface area contributed by atoms with Crippen LogP contribution in [0.15, 0.2) is 65.3 Å². The van der Waals surface area contributed by atoms with Crippen LogP contribution < -0.4 is 4.31 Å². The smallest absolute Gasteiger partial charge is 0.232 e. The van der Waals surface area contributed by atoms with E-state index in [-0.39, 0.29) is 18.0 Å². The third-order valence-electron chi connectivity index (χ3n) is 8.59. The number of hydrogen-bond acceptors (Lipinski definition) is 6. The molecule has 0 bridgehead atoms. The lowest BCUT2D eigenvalue weighted by Crippen LogP contribution is -2.25. The SMILES string of the molecule is CCCn1cc(-c2oc3cc(N(C)S(C)(=O)=O)c(-c4ccc5c(n4)-c4cc6c(F)cccc6n4CC5)cc3c2C(=O)CC)cn1. The molecule has 0 spiro atoms. The number of halogens is 1. The van der Waals surface area contributed by atoms with Gasteiger partial charge < -0.3 is 8.98 Å². The summed E-state index contributed by atoms with van der Waals surface area (Å²) in [5.41, 5.74) is 6.21. The molecule has 9 nitrogen and oxygen atoms in total. The summed E-state index contributed by atoms with van der Waals surface area (Å²) in [6, 6.07) is 14.2. The highest BCUT2D eigenvalue weighted by Gasteiger charge is 2.28. The predicted octanol–water partition coefficient (Wildman–Crippen LogP) is 7.07. The number of ketones is 1. The van der Waals surface area contributed by atoms with Crippen molar-refractivity contribution in [3.8, 4) is 34.0 Å². The number of furan rings is 1. The highest BCUT2D eigenvalue weighted by atomic mass is 32.2. The average molecular weight is 626 g/mol. The number of carbonyl (C=O) groups excluding carboxylic acids is 1. The van der Waals surface area contributed by atoms with Crippen molar-refractivity contribution in [2.24, 2.45) is 0 Å². The molecule has 0 fully saturated rings. The van der Waals surface area contributed by atoms with Crippen LogP contribution in [0.3, 0.4) is 0 Å². The minimum atomic E-state index is -3.68. The molecule has 0 radical (unpaired) electrons. The average Bonchev–Trinajstić information content (AvgIpc) is 3.75. The van der Waals surface area contributed by atoms with Crippen molar-refractivity contribution in [3.05, 3.63) is 77.9 Å². The zero-order valence-corrected chi connectivity index (χ0v) is 26.3. The van der Waals surface area contributed by atoms with Crippen molar-refractivity contribution < 1.29 is 22.0 Å². The lowest BCUT2D eigenvalue weighted by molar-refractivity contribution is 0.0989. The Morgan fingerprint density at radius 3 is 2.69 bits per heavy atom. The van der Waals surface area contributed by atoms with Crippen LogP contribution in [-0.2, 0) is 29.5 Å². The van der Waals surface area contributed by atoms with Crippen LogP contribution in [0.1, 0.15) is 42.6 Å². The lowest BCUT2D eigenvalue weighted by atomic mass is 9.97. The van der Waals surface area contributed by atoms with E-state index in [9.17, 15) is 17.6 Å². The number of Topliss-reactive ketones (excluding diaryl/α,β-unsaturated/α-hetero) is 1. The largest absolute Gasteiger partial charge is 0.455 e. The Kier molecular flexibility index (Phi) is 6.88. The third-order valence-corrected chi connectivity index (χ3v) is 9.78. The molecule has 6 aromatic rings. The van der Waals surface area contributed by atoms with Gasteiger partial charge in [-0.3, -0.25) is 13.8 Å². The Morgan fingerprint density at radius 1 is 1.11 bits per heavy atom. The number of aryl methyl sites for hydroxylation is 3. The van der Waals surface area contributed by atoms with E-state index in [1.165, 1.54) is 17.4 Å². The second-order valence-corrected chi connectivity index (χ2v) is 13.5. The number of rotatable bonds is 8. The van der Waals surface area contributed by atoms with Gasteiger partial charge in [0.2, 0.25) is 10.0 Å². The second-order valence-electron chi connectivity index (χ2n) is 11.5. The Morgan fingerprint density at radius 2 is 1.93 bits per heavy atom. The number of nitrogens with zero attached hydrogens (tertiary/aromatic N) is 5. The van der Waals surface area contributed by atoms with Gasteiger partial charge in [0.05, 0.1) is 51.9 Å². The van der Waals surface area contributed by atoms with E-state index in [2.05, 4.69) is 16.6 Å². The van der Waals surface area contributed by atoms with Crippen LogP contribution in [0, 0.1) is 5.82 Å². The molecule has 2 aromatic carbocycles. The van der Waals surface area contributed by atoms with Gasteiger partial charge in [-0.05, 0) is 48.7 Å². The highest BCUT2D eigenvalue weighted by molar-refractivity contribution is 7.92. The zero-order valence-electron chi connectivity index (χ0n) is 25.5. The first-order valence-electron chi connectivity index (χ1n) is 15.0. The molecule has 0 saturated carbocycles. The van der Waals surface area contributed by atoms with Gasteiger partial charge in [-0.15, -0.1) is 0 Å². The summed E-state index contributed by atoms with van der Waals surface area (Å²) < 4.78 is 51.9. The van der Waals surface area contributed by atoms with Crippen molar-refractivity contribution in [3.63, 3.8) is 0 Å². The molecule has 0 amide bonds. The monoisotopic (exact) mass is 625 g/mol. The Balaban J connectivity index is 1.48. The number of benzene rings is 2. The zero-order chi connectivity index (χ0) is 31.6. The summed E-state index contributed by atoms with van der Waals surface area (Å²) in [7, 11) is -2.20. The number of hydrogen-bond donors (Lipinski definition) is 0. The molecule has 0 N–H and O–H groups in total. The fourth-order valence-corrected chi connectivity index (χ4v) is 6.75. The van der Waals surface area contributed by atoms with Gasteiger partial charge in [0.15, 0.2) is 5.78 Å². The first-order valence-corrected chi connectivity index (χ1v) is 16.8. The molecule has 11 heteroatoms. The maximum absolute atomic E-state index is 14.8. The first kappa shape index (κ1) is 29.0. The number of fused-ring (bicyclic) bond motifs is 6. The molecule has 45 heavy (non-hydrogen) atoms. The Labute approximate surface area is 259 Å². The van der Waals surface area contributed by atoms with Crippen LogP contribution in [0.4, 0.5) is 10.1 Å². The summed E-state index contributed by atoms with van der Waals surface area (Å²) >= 11 is 0. The van der Waals surface area contributed by atoms with E-state index < -0.39 is 10.0 Å². The maximum atomic E-state index is 14.8. The van der Waals surface area contributed by atoms with E-state index >= 15 is 0 Å². The van der Waals surface area contributed by atoms with Crippen LogP contribution in [-0.4, -0.2) is 46.8 Å². The number of pyridine rings is 1. The molecule has 0 atom stereocenters. The molecule has 7 rings (SSSR count). The van der Waals surface area contributed by atoms with Gasteiger partial charge in [0.25, 0.3) is 0 Å². The number of carbonyl (C=O) groups is 1. The minimum Gasteiger partial charge on any atom is -0.455 e. The van der Waals surface area contributed by atoms with Gasteiger partial charge in [0, 0.05) is 55.2 Å². The van der Waals surface area contributed by atoms with Gasteiger partial charge in [0.1, 0.15) is 17.2 Å². The van der Waals surface area contributed by atoms with Gasteiger partial charge >= 0.3 is 0 Å². The van der Waals surface area contributed by atoms with Crippen LogP contribution in [0.2, 0.25) is 0 Å². The molecule has 0 aliphatic carbocycles. The summed E-state index contributed by atoms with van der Waals surface area (Å²) in [6.45, 7) is 5.27. The van der Waals surface area contributed by atoms with E-state index in [1.54, 1.807) is 36.0 Å². The molecular weight excluding hydrogens is 593 g/mol. The molecule has 4 aromatic heterocycles. The second kappa shape index (κ2) is 10.7. The summed E-state index contributed by atoms with van der Waals surface area (Å²) in [6.07, 6.45) is 6.54. The third kappa shape index (κ3) is 4.73. The van der Waals surface area contributed by atoms with E-state index in [0.29, 0.717) is 62.4 Å². The summed E-state index contributed by atoms with van der Waals surface area (Å²) in [5.74, 6) is 0.0000915. The molecule has 230 valence electrons. The maximum Gasteiger partial charge on any atom is 0.232 e. The molecule has 0 saturated heterocycles. The fraction of sp³-hybridized carbons (Fsp3) is 0.265. The predicted molar refractivity (Wildman–Crippen MR) is 173 cm³/mol. The van der Waals surface area contributed by atoms with Crippen LogP contribution >= 0.6 is 0 Å². The van der Waals surface area contributed by atoms with E-state index in [4.69, 9.17) is 9.40 Å². The molecule has 1 aliphatic rings. The number of aromatic nitrogens is 4. The molecule has 0 unspecified atom stereocenters. The Bertz CT molecular complexity index is 2260. The highest BCUT2D eigenvalue weighted by Crippen LogP contribution is 2.43. The molecular formula is C34H32FN5O4S. The minimum absolute atomic E-state index is 0.105. The Hall–Kier alpha value is -4.77. The van der Waals surface area contributed by atoms with Crippen LogP contribution in [0.5, 0.6) is 0 Å². The first-order chi connectivity index (χ1) is 21.6. The van der Waals surface area contributed by atoms with E-state index in [0.717, 1.165) is 42.4 Å². The summed E-state index contributed by atoms with van der Waals surface area (Å²) in [4.78, 5) is 18.5. The number of anilines is 1. The lowest BCUT2D eigenvalue weighted by Gasteiger charge is -2.23. The van der Waals surface area contributed by atoms with Gasteiger partial charge in [-0.25, -0.2) is 17.8 Å².